The summed E-state index contributed by atoms with van der Waals surface area (Å²) in [5.74, 6) is -0.241. The van der Waals surface area contributed by atoms with E-state index in [-0.39, 0.29) is 5.91 Å². The highest BCUT2D eigenvalue weighted by molar-refractivity contribution is 5.78. The van der Waals surface area contributed by atoms with Gasteiger partial charge in [0.05, 0.1) is 12.5 Å². The Morgan fingerprint density at radius 1 is 1.30 bits per heavy atom. The lowest BCUT2D eigenvalue weighted by molar-refractivity contribution is -0.141. The van der Waals surface area contributed by atoms with Crippen molar-refractivity contribution in [3.05, 3.63) is 29.3 Å². The van der Waals surface area contributed by atoms with Crippen LogP contribution in [0.3, 0.4) is 0 Å². The van der Waals surface area contributed by atoms with Crippen molar-refractivity contribution in [3.8, 4) is 5.75 Å². The van der Waals surface area contributed by atoms with Gasteiger partial charge in [0.1, 0.15) is 5.75 Å². The van der Waals surface area contributed by atoms with Crippen LogP contribution in [0.4, 0.5) is 0 Å². The van der Waals surface area contributed by atoms with E-state index in [1.54, 1.807) is 4.90 Å². The molecule has 5 nitrogen and oxygen atoms in total. The molecule has 0 saturated carbocycles. The van der Waals surface area contributed by atoms with Gasteiger partial charge in [-0.3, -0.25) is 9.59 Å². The summed E-state index contributed by atoms with van der Waals surface area (Å²) >= 11 is 0. The number of nitrogens with zero attached hydrogens (tertiary/aromatic N) is 1. The lowest BCUT2D eigenvalue weighted by Crippen LogP contribution is -2.29. The lowest BCUT2D eigenvalue weighted by atomic mass is 10.1. The van der Waals surface area contributed by atoms with E-state index in [4.69, 9.17) is 9.84 Å². The minimum absolute atomic E-state index is 0.0560. The molecule has 1 aromatic rings. The second-order valence-corrected chi connectivity index (χ2v) is 6.24. The van der Waals surface area contributed by atoms with Crippen LogP contribution in [0.2, 0.25) is 0 Å². The fraction of sp³-hybridized carbons (Fsp3) is 0.556. The van der Waals surface area contributed by atoms with Crippen LogP contribution < -0.4 is 4.74 Å². The van der Waals surface area contributed by atoms with Crippen LogP contribution in [-0.2, 0) is 9.59 Å². The molecule has 0 radical (unpaired) electrons. The average Bonchev–Trinajstić information content (AvgIpc) is 3.00. The maximum Gasteiger partial charge on any atom is 0.308 e. The molecule has 0 spiro atoms. The Hall–Kier alpha value is -2.04. The van der Waals surface area contributed by atoms with Crippen LogP contribution in [0.1, 0.15) is 36.8 Å². The minimum atomic E-state index is -0.803. The number of carbonyl (C=O) groups is 2. The van der Waals surface area contributed by atoms with E-state index in [1.807, 2.05) is 26.0 Å². The molecule has 1 aliphatic heterocycles. The topological polar surface area (TPSA) is 66.8 Å². The van der Waals surface area contributed by atoms with E-state index in [1.165, 1.54) is 5.56 Å². The van der Waals surface area contributed by atoms with Gasteiger partial charge in [-0.2, -0.15) is 0 Å². The first-order valence-electron chi connectivity index (χ1n) is 8.18. The number of benzene rings is 1. The number of carboxylic acids is 1. The molecule has 0 aliphatic carbocycles. The molecular weight excluding hydrogens is 294 g/mol. The van der Waals surface area contributed by atoms with Gasteiger partial charge in [-0.05, 0) is 50.3 Å². The molecule has 1 aromatic carbocycles. The zero-order chi connectivity index (χ0) is 16.8. The van der Waals surface area contributed by atoms with E-state index >= 15 is 0 Å². The number of hydrogen-bond donors (Lipinski definition) is 1. The lowest BCUT2D eigenvalue weighted by Gasteiger charge is -2.15. The molecule has 1 N–H and O–H groups in total. The first-order chi connectivity index (χ1) is 11.0. The molecule has 5 heteroatoms. The van der Waals surface area contributed by atoms with E-state index in [2.05, 4.69) is 6.07 Å². The quantitative estimate of drug-likeness (QED) is 0.785. The van der Waals surface area contributed by atoms with Gasteiger partial charge in [-0.15, -0.1) is 0 Å². The van der Waals surface area contributed by atoms with E-state index < -0.39 is 11.9 Å². The number of ether oxygens (including phenoxy) is 1. The Labute approximate surface area is 137 Å². The molecular formula is C18H25NO4. The molecule has 1 amide bonds. The van der Waals surface area contributed by atoms with Crippen molar-refractivity contribution in [2.24, 2.45) is 5.92 Å². The Bertz CT molecular complexity index is 570. The van der Waals surface area contributed by atoms with Crippen molar-refractivity contribution >= 4 is 11.9 Å². The van der Waals surface area contributed by atoms with Gasteiger partial charge >= 0.3 is 5.97 Å². The molecule has 1 fully saturated rings. The van der Waals surface area contributed by atoms with Gasteiger partial charge in [-0.25, -0.2) is 0 Å². The van der Waals surface area contributed by atoms with Crippen molar-refractivity contribution < 1.29 is 19.4 Å². The summed E-state index contributed by atoms with van der Waals surface area (Å²) in [6.07, 6.45) is 2.60. The summed E-state index contributed by atoms with van der Waals surface area (Å²) in [4.78, 5) is 24.6. The summed E-state index contributed by atoms with van der Waals surface area (Å²) in [5.41, 5.74) is 2.28. The van der Waals surface area contributed by atoms with Crippen LogP contribution in [0.25, 0.3) is 0 Å². The Balaban J connectivity index is 1.65. The summed E-state index contributed by atoms with van der Waals surface area (Å²) < 4.78 is 5.77. The normalized spacial score (nSPS) is 17.3. The number of unbranched alkanes of at least 4 members (excludes halogenated alkanes) is 1. The fourth-order valence-electron chi connectivity index (χ4n) is 2.77. The maximum atomic E-state index is 12.0. The van der Waals surface area contributed by atoms with E-state index in [0.717, 1.165) is 24.2 Å². The standard InChI is InChI=1S/C18H25NO4/c1-13-6-7-14(2)16(11-13)23-10-4-3-5-17(20)19-9-8-15(12-19)18(21)22/h6-7,11,15H,3-5,8-10,12H2,1-2H3,(H,21,22). The maximum absolute atomic E-state index is 12.0. The average molecular weight is 319 g/mol. The van der Waals surface area contributed by atoms with Crippen molar-refractivity contribution in [1.29, 1.82) is 0 Å². The predicted octanol–water partition coefficient (Wildman–Crippen LogP) is 2.79. The molecule has 1 unspecified atom stereocenters. The smallest absolute Gasteiger partial charge is 0.308 e. The van der Waals surface area contributed by atoms with Crippen LogP contribution in [-0.4, -0.2) is 41.6 Å². The third-order valence-electron chi connectivity index (χ3n) is 4.28. The van der Waals surface area contributed by atoms with Gasteiger partial charge in [0.2, 0.25) is 5.91 Å². The summed E-state index contributed by atoms with van der Waals surface area (Å²) in [7, 11) is 0. The molecule has 1 atom stereocenters. The number of carboxylic acid groups (broad SMARTS) is 1. The Morgan fingerprint density at radius 3 is 2.78 bits per heavy atom. The minimum Gasteiger partial charge on any atom is -0.493 e. The first-order valence-corrected chi connectivity index (χ1v) is 8.18. The number of rotatable bonds is 7. The second kappa shape index (κ2) is 7.99. The van der Waals surface area contributed by atoms with Crippen LogP contribution >= 0.6 is 0 Å². The number of aryl methyl sites for hydroxylation is 2. The highest BCUT2D eigenvalue weighted by atomic mass is 16.5. The van der Waals surface area contributed by atoms with E-state index in [9.17, 15) is 9.59 Å². The van der Waals surface area contributed by atoms with Crippen LogP contribution in [0.5, 0.6) is 5.75 Å². The second-order valence-electron chi connectivity index (χ2n) is 6.24. The third-order valence-corrected chi connectivity index (χ3v) is 4.28. The highest BCUT2D eigenvalue weighted by Crippen LogP contribution is 2.20. The SMILES string of the molecule is Cc1ccc(C)c(OCCCCC(=O)N2CCC(C(=O)O)C2)c1. The van der Waals surface area contributed by atoms with E-state index in [0.29, 0.717) is 32.5 Å². The predicted molar refractivity (Wildman–Crippen MR) is 87.6 cm³/mol. The third kappa shape index (κ3) is 4.98. The molecule has 1 heterocycles. The molecule has 1 aliphatic rings. The molecule has 2 rings (SSSR count). The van der Waals surface area contributed by atoms with Gasteiger partial charge in [0, 0.05) is 19.5 Å². The molecule has 23 heavy (non-hydrogen) atoms. The fourth-order valence-corrected chi connectivity index (χ4v) is 2.77. The number of amides is 1. The van der Waals surface area contributed by atoms with Crippen LogP contribution in [0, 0.1) is 19.8 Å². The molecule has 0 bridgehead atoms. The number of likely N-dealkylation sites (tertiary alicyclic amines) is 1. The van der Waals surface area contributed by atoms with Crippen molar-refractivity contribution in [1.82, 2.24) is 4.90 Å². The monoisotopic (exact) mass is 319 g/mol. The number of carbonyl (C=O) groups excluding carboxylic acids is 1. The van der Waals surface area contributed by atoms with Gasteiger partial charge < -0.3 is 14.7 Å². The summed E-state index contributed by atoms with van der Waals surface area (Å²) in [6.45, 7) is 5.56. The zero-order valence-electron chi connectivity index (χ0n) is 13.9. The van der Waals surface area contributed by atoms with Crippen molar-refractivity contribution in [2.75, 3.05) is 19.7 Å². The Morgan fingerprint density at radius 2 is 2.09 bits per heavy atom. The van der Waals surface area contributed by atoms with Crippen molar-refractivity contribution in [2.45, 2.75) is 39.5 Å². The zero-order valence-corrected chi connectivity index (χ0v) is 13.9. The highest BCUT2D eigenvalue weighted by Gasteiger charge is 2.30. The molecule has 126 valence electrons. The van der Waals surface area contributed by atoms with Gasteiger partial charge in [0.25, 0.3) is 0 Å². The summed E-state index contributed by atoms with van der Waals surface area (Å²) in [5, 5.41) is 8.95. The van der Waals surface area contributed by atoms with Gasteiger partial charge in [0.15, 0.2) is 0 Å². The summed E-state index contributed by atoms with van der Waals surface area (Å²) in [6, 6.07) is 6.12. The van der Waals surface area contributed by atoms with Crippen LogP contribution in [0.15, 0.2) is 18.2 Å². The van der Waals surface area contributed by atoms with Crippen molar-refractivity contribution in [3.63, 3.8) is 0 Å². The number of hydrogen-bond acceptors (Lipinski definition) is 3. The number of aliphatic carboxylic acids is 1. The van der Waals surface area contributed by atoms with Gasteiger partial charge in [-0.1, -0.05) is 12.1 Å². The Kier molecular flexibility index (Phi) is 6.02. The largest absolute Gasteiger partial charge is 0.493 e. The first kappa shape index (κ1) is 17.3. The molecule has 1 saturated heterocycles. The molecule has 0 aromatic heterocycles.